The monoisotopic (exact) mass is 1080 g/mol. The molecule has 5 amide bonds. The van der Waals surface area contributed by atoms with Gasteiger partial charge in [-0.05, 0) is 107 Å². The van der Waals surface area contributed by atoms with Crippen molar-refractivity contribution in [2.24, 2.45) is 5.92 Å². The van der Waals surface area contributed by atoms with E-state index in [0.29, 0.717) is 31.7 Å². The van der Waals surface area contributed by atoms with E-state index in [1.54, 1.807) is 49.3 Å². The number of nitrogens with one attached hydrogen (secondary N) is 1. The lowest BCUT2D eigenvalue weighted by Gasteiger charge is -2.40. The lowest BCUT2D eigenvalue weighted by atomic mass is 9.81. The van der Waals surface area contributed by atoms with Gasteiger partial charge in [-0.25, -0.2) is 22.4 Å². The number of halogens is 4. The first-order valence-electron chi connectivity index (χ1n) is 26.0. The topological polar surface area (TPSA) is 185 Å². The summed E-state index contributed by atoms with van der Waals surface area (Å²) in [6.45, 7) is 8.87. The number of piperazine rings is 1. The summed E-state index contributed by atoms with van der Waals surface area (Å²) in [5.41, 5.74) is 0.242. The zero-order chi connectivity index (χ0) is 54.1. The fraction of sp³-hybridized carbons (Fsp3) is 0.566. The van der Waals surface area contributed by atoms with Crippen LogP contribution in [0.1, 0.15) is 95.3 Å². The van der Waals surface area contributed by atoms with Crippen LogP contribution in [0.15, 0.2) is 52.5 Å². The van der Waals surface area contributed by atoms with Crippen LogP contribution in [0.5, 0.6) is 11.6 Å². The van der Waals surface area contributed by atoms with Crippen LogP contribution in [0, 0.1) is 17.6 Å². The van der Waals surface area contributed by atoms with Crippen LogP contribution in [0.3, 0.4) is 0 Å². The van der Waals surface area contributed by atoms with Gasteiger partial charge in [0.15, 0.2) is 17.4 Å². The quantitative estimate of drug-likeness (QED) is 0.102. The SMILES string of the molecule is C[C@@H](C(=O)N[C@H](C(=O)N1CCN(C(=O)c2cc3cc(F)c(F)cc3n2CC(=O)N2CCC[C@H]2COc2cc(CN3CCC(Oc4ccnc5ccsc45)CC3)on2)CC1)C1CCC(F)(F)CC1)N(C)C(=O)OC(C)(C)C. The van der Waals surface area contributed by atoms with Crippen molar-refractivity contribution < 1.29 is 60.3 Å². The Bertz CT molecular complexity index is 2920. The van der Waals surface area contributed by atoms with Crippen LogP contribution in [-0.2, 0) is 32.2 Å². The predicted molar refractivity (Wildman–Crippen MR) is 272 cm³/mol. The maximum atomic E-state index is 14.9. The number of piperidine rings is 1. The average molecular weight is 1080 g/mol. The van der Waals surface area contributed by atoms with Gasteiger partial charge in [0.05, 0.1) is 28.3 Å². The first-order chi connectivity index (χ1) is 36.2. The summed E-state index contributed by atoms with van der Waals surface area (Å²) < 4.78 is 84.1. The lowest BCUT2D eigenvalue weighted by Crippen LogP contribution is -2.60. The number of ether oxygens (including phenoxy) is 3. The van der Waals surface area contributed by atoms with Crippen LogP contribution in [0.25, 0.3) is 21.1 Å². The van der Waals surface area contributed by atoms with Gasteiger partial charge in [-0.15, -0.1) is 11.3 Å². The Balaban J connectivity index is 0.809. The summed E-state index contributed by atoms with van der Waals surface area (Å²) in [6, 6.07) is 6.37. The van der Waals surface area contributed by atoms with E-state index in [1.807, 2.05) is 17.5 Å². The average Bonchev–Trinajstić information content (AvgIpc) is 4.27. The van der Waals surface area contributed by atoms with E-state index in [0.717, 1.165) is 58.9 Å². The molecule has 7 heterocycles. The molecular formula is C53H65F4N9O9S. The van der Waals surface area contributed by atoms with Crippen molar-refractivity contribution in [3.63, 3.8) is 0 Å². The summed E-state index contributed by atoms with van der Waals surface area (Å²) in [7, 11) is 1.39. The summed E-state index contributed by atoms with van der Waals surface area (Å²) in [6.07, 6.45) is 3.13. The minimum Gasteiger partial charge on any atom is -0.489 e. The number of hydrogen-bond donors (Lipinski definition) is 1. The molecule has 5 aromatic rings. The summed E-state index contributed by atoms with van der Waals surface area (Å²) >= 11 is 1.62. The van der Waals surface area contributed by atoms with Gasteiger partial charge in [-0.3, -0.25) is 34.0 Å². The minimum atomic E-state index is -2.90. The number of amides is 5. The number of likely N-dealkylation sites (tertiary alicyclic amines) is 2. The number of rotatable bonds is 15. The third kappa shape index (κ3) is 12.5. The molecule has 1 aliphatic carbocycles. The van der Waals surface area contributed by atoms with Gasteiger partial charge in [0.2, 0.25) is 23.6 Å². The first kappa shape index (κ1) is 54.3. The summed E-state index contributed by atoms with van der Waals surface area (Å²) in [5, 5.41) is 9.10. The molecule has 1 saturated carbocycles. The third-order valence-corrected chi connectivity index (χ3v) is 15.9. The zero-order valence-electron chi connectivity index (χ0n) is 43.4. The number of pyridine rings is 1. The third-order valence-electron chi connectivity index (χ3n) is 14.9. The molecule has 0 unspecified atom stereocenters. The number of hydrogen-bond acceptors (Lipinski definition) is 13. The predicted octanol–water partition coefficient (Wildman–Crippen LogP) is 7.48. The van der Waals surface area contributed by atoms with Crippen LogP contribution >= 0.6 is 11.3 Å². The molecule has 4 aliphatic rings. The van der Waals surface area contributed by atoms with Crippen LogP contribution in [0.4, 0.5) is 22.4 Å². The largest absolute Gasteiger partial charge is 0.489 e. The number of aromatic nitrogens is 3. The Hall–Kier alpha value is -6.49. The van der Waals surface area contributed by atoms with E-state index in [2.05, 4.69) is 20.4 Å². The van der Waals surface area contributed by atoms with Crippen molar-refractivity contribution >= 4 is 62.2 Å². The molecule has 3 aliphatic heterocycles. The molecule has 410 valence electrons. The second kappa shape index (κ2) is 22.6. The number of alkyl halides is 2. The number of benzene rings is 1. The molecule has 23 heteroatoms. The minimum absolute atomic E-state index is 0.0110. The van der Waals surface area contributed by atoms with E-state index in [-0.39, 0.29) is 92.7 Å². The lowest BCUT2D eigenvalue weighted by molar-refractivity contribution is -0.142. The Morgan fingerprint density at radius 3 is 2.36 bits per heavy atom. The number of likely N-dealkylation sites (N-methyl/N-ethyl adjacent to an activating group) is 1. The van der Waals surface area contributed by atoms with Gasteiger partial charge >= 0.3 is 6.09 Å². The van der Waals surface area contributed by atoms with Crippen LogP contribution in [0.2, 0.25) is 0 Å². The maximum Gasteiger partial charge on any atom is 0.410 e. The van der Waals surface area contributed by atoms with Gasteiger partial charge in [-0.2, -0.15) is 0 Å². The molecule has 4 aromatic heterocycles. The van der Waals surface area contributed by atoms with E-state index in [9.17, 15) is 41.5 Å². The van der Waals surface area contributed by atoms with Crippen molar-refractivity contribution in [2.75, 3.05) is 59.5 Å². The second-order valence-corrected chi connectivity index (χ2v) is 22.3. The number of carbonyl (C=O) groups excluding carboxylic acids is 5. The van der Waals surface area contributed by atoms with E-state index >= 15 is 0 Å². The molecule has 0 radical (unpaired) electrons. The first-order valence-corrected chi connectivity index (χ1v) is 26.9. The van der Waals surface area contributed by atoms with Crippen LogP contribution in [-0.4, -0.2) is 164 Å². The molecule has 3 saturated heterocycles. The highest BCUT2D eigenvalue weighted by atomic mass is 32.1. The highest BCUT2D eigenvalue weighted by Gasteiger charge is 2.43. The molecule has 0 bridgehead atoms. The molecule has 3 atom stereocenters. The normalized spacial score (nSPS) is 19.7. The van der Waals surface area contributed by atoms with E-state index in [1.165, 1.54) is 34.4 Å². The molecule has 4 fully saturated rings. The van der Waals surface area contributed by atoms with Crippen molar-refractivity contribution in [1.29, 1.82) is 0 Å². The molecule has 9 rings (SSSR count). The van der Waals surface area contributed by atoms with Crippen molar-refractivity contribution in [1.82, 2.24) is 44.5 Å². The molecule has 1 N–H and O–H groups in total. The summed E-state index contributed by atoms with van der Waals surface area (Å²) in [5.74, 6) is -6.12. The van der Waals surface area contributed by atoms with Gasteiger partial charge < -0.3 is 43.3 Å². The fourth-order valence-corrected chi connectivity index (χ4v) is 11.3. The molecule has 18 nitrogen and oxygen atoms in total. The van der Waals surface area contributed by atoms with Gasteiger partial charge in [0.1, 0.15) is 48.4 Å². The maximum absolute atomic E-state index is 14.9. The molecular weight excluding hydrogens is 1010 g/mol. The van der Waals surface area contributed by atoms with Crippen molar-refractivity contribution in [3.8, 4) is 11.6 Å². The number of thiophene rings is 1. The Morgan fingerprint density at radius 1 is 0.921 bits per heavy atom. The number of fused-ring (bicyclic) bond motifs is 2. The number of nitrogens with zero attached hydrogens (tertiary/aromatic N) is 8. The highest BCUT2D eigenvalue weighted by molar-refractivity contribution is 7.17. The smallest absolute Gasteiger partial charge is 0.410 e. The van der Waals surface area contributed by atoms with Crippen LogP contribution < -0.4 is 14.8 Å². The Labute approximate surface area is 441 Å². The molecule has 76 heavy (non-hydrogen) atoms. The van der Waals surface area contributed by atoms with Crippen molar-refractivity contribution in [3.05, 3.63) is 71.1 Å². The number of carbonyl (C=O) groups is 5. The highest BCUT2D eigenvalue weighted by Crippen LogP contribution is 2.38. The fourth-order valence-electron chi connectivity index (χ4n) is 10.5. The van der Waals surface area contributed by atoms with E-state index in [4.69, 9.17) is 18.7 Å². The van der Waals surface area contributed by atoms with Gasteiger partial charge in [-0.1, -0.05) is 0 Å². The zero-order valence-corrected chi connectivity index (χ0v) is 44.2. The second-order valence-electron chi connectivity index (χ2n) is 21.4. The Kier molecular flexibility index (Phi) is 16.2. The van der Waals surface area contributed by atoms with E-state index < -0.39 is 77.8 Å². The van der Waals surface area contributed by atoms with Gasteiger partial charge in [0, 0.05) is 89.4 Å². The standard InChI is InChI=1S/C53H65F4N9O9S/c1-32(61(5)51(71)74-52(2,3)4)48(68)59-46(33-8-14-53(56,57)15-9-33)50(70)64-22-20-63(21-23-64)49(69)42-26-34-25-38(54)39(55)28-41(34)66(42)30-45(67)65-17-6-7-35(65)31-72-44-27-37(75-60-44)29-62-18-11-36(12-19-62)73-43-10-16-58-40-13-24-76-47(40)43/h10,13,16,24-28,32-33,35-36,46H,6-9,11-12,14-15,17-23,29-31H2,1-5H3,(H,59,68)/t32-,35-,46-/m0/s1. The van der Waals surface area contributed by atoms with Crippen molar-refractivity contribution in [2.45, 2.75) is 128 Å². The molecule has 1 aromatic carbocycles. The Morgan fingerprint density at radius 2 is 1.63 bits per heavy atom. The van der Waals surface area contributed by atoms with Gasteiger partial charge in [0.25, 0.3) is 11.8 Å². The summed E-state index contributed by atoms with van der Waals surface area (Å²) in [4.78, 5) is 81.8. The molecule has 0 spiro atoms.